The van der Waals surface area contributed by atoms with Gasteiger partial charge in [0.25, 0.3) is 31.5 Å². The standard InChI is InChI=1S/C34H36N12O10S2.2Na/c1-3-27(47)37-31-39-29(41-33(43-31)45-11-15-55-16-12-45)35-23-9-7-21(25(19-23)57(49,50)51)5-6-22-8-10-24(20-26(22)58(52,53)54)36-30-40-32(38-28(48)4-2)44-34(42-30)46-13-17-56-18-14-46;;/h3-10,19-20H,1-2,11-18H2,(H,49,50,51)(H,52,53,54)(H2,35,37,39,41,43,47)(H2,36,38,40,42,44,48);;/q;2*+1/p-2/b6-5+;;. The Morgan fingerprint density at radius 2 is 1.03 bits per heavy atom. The molecule has 0 spiro atoms. The fraction of sp³-hybridized carbons (Fsp3) is 0.235. The van der Waals surface area contributed by atoms with E-state index in [1.54, 1.807) is 0 Å². The first-order chi connectivity index (χ1) is 27.7. The second-order valence-electron chi connectivity index (χ2n) is 12.1. The number of ether oxygens (including phenoxy) is 2. The molecule has 0 unspecified atom stereocenters. The van der Waals surface area contributed by atoms with Crippen LogP contribution in [0.1, 0.15) is 11.1 Å². The van der Waals surface area contributed by atoms with Gasteiger partial charge < -0.3 is 29.5 Å². The molecule has 0 radical (unpaired) electrons. The van der Waals surface area contributed by atoms with Gasteiger partial charge in [0.05, 0.1) is 37.8 Å². The average Bonchev–Trinajstić information content (AvgIpc) is 3.20. The summed E-state index contributed by atoms with van der Waals surface area (Å²) >= 11 is 0. The van der Waals surface area contributed by atoms with Gasteiger partial charge in [0.2, 0.25) is 23.8 Å². The number of H-pyrrole nitrogens is 2. The molecule has 4 aromatic rings. The Bertz CT molecular complexity index is 2510. The van der Waals surface area contributed by atoms with Crippen LogP contribution in [0.15, 0.2) is 91.5 Å². The van der Waals surface area contributed by atoms with Crippen LogP contribution in [0.2, 0.25) is 0 Å². The Kier molecular flexibility index (Phi) is 17.2. The molecule has 0 atom stereocenters. The first kappa shape index (κ1) is 48.2. The number of anilines is 2. The van der Waals surface area contributed by atoms with Crippen molar-refractivity contribution in [2.24, 2.45) is 20.0 Å². The summed E-state index contributed by atoms with van der Waals surface area (Å²) < 4.78 is 81.4. The summed E-state index contributed by atoms with van der Waals surface area (Å²) in [4.78, 5) is 41.4. The predicted molar refractivity (Wildman–Crippen MR) is 205 cm³/mol. The van der Waals surface area contributed by atoms with Crippen LogP contribution in [0.3, 0.4) is 0 Å². The van der Waals surface area contributed by atoms with Gasteiger partial charge in [-0.3, -0.25) is 19.1 Å². The molecular formula is C34H34N12Na2O10S2. The molecule has 4 N–H and O–H groups in total. The molecule has 4 heterocycles. The van der Waals surface area contributed by atoms with E-state index in [9.17, 15) is 36.2 Å². The topological polar surface area (TPSA) is 312 Å². The molecule has 2 aliphatic heterocycles. The van der Waals surface area contributed by atoms with Crippen LogP contribution in [0.25, 0.3) is 12.2 Å². The van der Waals surface area contributed by atoms with Crippen molar-refractivity contribution in [2.75, 3.05) is 62.4 Å². The summed E-state index contributed by atoms with van der Waals surface area (Å²) in [5.74, 6) is -1.13. The third-order valence-corrected chi connectivity index (χ3v) is 9.94. The summed E-state index contributed by atoms with van der Waals surface area (Å²) in [5, 5.41) is 23.9. The molecule has 26 heteroatoms. The number of hydrogen-bond acceptors (Lipinski definition) is 18. The van der Waals surface area contributed by atoms with Crippen LogP contribution in [0.5, 0.6) is 0 Å². The van der Waals surface area contributed by atoms with E-state index in [1.165, 1.54) is 36.4 Å². The van der Waals surface area contributed by atoms with Gasteiger partial charge >= 0.3 is 59.1 Å². The Balaban J connectivity index is 0.00000397. The largest absolute Gasteiger partial charge is 1.00 e. The van der Waals surface area contributed by atoms with Gasteiger partial charge in [-0.25, -0.2) is 20.0 Å². The molecule has 2 aromatic heterocycles. The van der Waals surface area contributed by atoms with Gasteiger partial charge in [-0.2, -0.15) is 36.8 Å². The number of rotatable bonds is 12. The quantitative estimate of drug-likeness (QED) is 0.0338. The smallest absolute Gasteiger partial charge is 0.859 e. The van der Waals surface area contributed by atoms with Crippen molar-refractivity contribution in [1.82, 2.24) is 29.9 Å². The maximum Gasteiger partial charge on any atom is 1.00 e. The van der Waals surface area contributed by atoms with Gasteiger partial charge in [-0.15, -0.1) is 0 Å². The zero-order chi connectivity index (χ0) is 41.5. The molecule has 0 bridgehead atoms. The van der Waals surface area contributed by atoms with E-state index in [1.807, 2.05) is 9.80 Å². The van der Waals surface area contributed by atoms with Crippen LogP contribution in [-0.4, -0.2) is 120 Å². The van der Waals surface area contributed by atoms with Crippen molar-refractivity contribution in [3.05, 3.63) is 84.1 Å². The zero-order valence-corrected chi connectivity index (χ0v) is 37.9. The van der Waals surface area contributed by atoms with Gasteiger partial charge in [0.15, 0.2) is 0 Å². The summed E-state index contributed by atoms with van der Waals surface area (Å²) in [6.07, 6.45) is 4.37. The van der Waals surface area contributed by atoms with E-state index in [0.717, 1.165) is 24.3 Å². The summed E-state index contributed by atoms with van der Waals surface area (Å²) in [5.41, 5.74) is -0.606. The molecule has 2 fully saturated rings. The van der Waals surface area contributed by atoms with E-state index >= 15 is 0 Å². The minimum absolute atomic E-state index is 0. The van der Waals surface area contributed by atoms with Gasteiger partial charge in [0, 0.05) is 26.2 Å². The van der Waals surface area contributed by atoms with Gasteiger partial charge in [-0.05, 0) is 47.2 Å². The molecule has 2 saturated heterocycles. The van der Waals surface area contributed by atoms with Crippen molar-refractivity contribution in [1.29, 1.82) is 0 Å². The second-order valence-corrected chi connectivity index (χ2v) is 14.8. The van der Waals surface area contributed by atoms with Gasteiger partial charge in [0.1, 0.15) is 9.79 Å². The molecule has 2 aromatic carbocycles. The van der Waals surface area contributed by atoms with E-state index in [0.29, 0.717) is 52.6 Å². The maximum absolute atomic E-state index is 12.6. The van der Waals surface area contributed by atoms with E-state index in [4.69, 9.17) is 9.47 Å². The number of morpholine rings is 2. The molecule has 6 rings (SSSR count). The Morgan fingerprint density at radius 1 is 0.667 bits per heavy atom. The number of benzene rings is 2. The monoisotopic (exact) mass is 880 g/mol. The SMILES string of the molecule is C=CC([O-])=Nc1nc(=Nc2ccc(/C=C/c3ccc(N=c4nc(N=C([O-])C=C)[nH]c(N5CCOCC5)n4)cc3S(=O)(=O)O)c(S(=O)(=O)O)c2)nc(N2CCOCC2)[nH]1.[Na+].[Na+]. The van der Waals surface area contributed by atoms with Crippen LogP contribution in [0.4, 0.5) is 35.2 Å². The first-order valence-electron chi connectivity index (χ1n) is 17.1. The molecule has 0 aliphatic carbocycles. The van der Waals surface area contributed by atoms with Gasteiger partial charge in [-0.1, -0.05) is 49.6 Å². The van der Waals surface area contributed by atoms with Crippen molar-refractivity contribution in [3.63, 3.8) is 0 Å². The van der Waals surface area contributed by atoms with Crippen LogP contribution in [-0.2, 0) is 29.7 Å². The van der Waals surface area contributed by atoms with E-state index in [-0.39, 0.29) is 117 Å². The fourth-order valence-electron chi connectivity index (χ4n) is 5.41. The molecule has 0 saturated carbocycles. The predicted octanol–water partition coefficient (Wildman–Crippen LogP) is -6.11. The molecule has 2 aliphatic rings. The number of aromatic nitrogens is 6. The molecule has 304 valence electrons. The molecule has 0 amide bonds. The fourth-order valence-corrected chi connectivity index (χ4v) is 6.82. The Labute approximate surface area is 387 Å². The van der Waals surface area contributed by atoms with Crippen LogP contribution >= 0.6 is 0 Å². The number of nitrogens with zero attached hydrogens (tertiary/aromatic N) is 10. The van der Waals surface area contributed by atoms with Crippen LogP contribution < -0.4 is 90.4 Å². The second kappa shape index (κ2) is 21.4. The van der Waals surface area contributed by atoms with E-state index < -0.39 is 41.8 Å². The minimum Gasteiger partial charge on any atom is -0.859 e. The number of hydrogen-bond donors (Lipinski definition) is 4. The zero-order valence-electron chi connectivity index (χ0n) is 32.3. The van der Waals surface area contributed by atoms with Crippen molar-refractivity contribution < 1.29 is 105 Å². The first-order valence-corrected chi connectivity index (χ1v) is 20.0. The van der Waals surface area contributed by atoms with Crippen LogP contribution in [0, 0.1) is 0 Å². The van der Waals surface area contributed by atoms with Crippen molar-refractivity contribution >= 4 is 79.4 Å². The minimum atomic E-state index is -4.91. The van der Waals surface area contributed by atoms with E-state index in [2.05, 4.69) is 63.0 Å². The number of aromatic amines is 2. The van der Waals surface area contributed by atoms with Crippen molar-refractivity contribution in [3.8, 4) is 0 Å². The Hall–Kier alpha value is -4.44. The molecule has 22 nitrogen and oxygen atoms in total. The average molecular weight is 881 g/mol. The number of nitrogens with one attached hydrogen (secondary N) is 2. The molecular weight excluding hydrogens is 847 g/mol. The summed E-state index contributed by atoms with van der Waals surface area (Å²) in [7, 11) is -9.82. The van der Waals surface area contributed by atoms with Crippen molar-refractivity contribution in [2.45, 2.75) is 9.79 Å². The summed E-state index contributed by atoms with van der Waals surface area (Å²) in [6.45, 7) is 10.3. The normalized spacial score (nSPS) is 16.0. The summed E-state index contributed by atoms with van der Waals surface area (Å²) in [6, 6.07) is 7.40. The Morgan fingerprint density at radius 3 is 1.37 bits per heavy atom. The maximum atomic E-state index is 12.6. The number of aliphatic imine (C=N–C) groups is 2. The third-order valence-electron chi connectivity index (χ3n) is 8.12. The third kappa shape index (κ3) is 13.0. The molecule has 60 heavy (non-hydrogen) atoms.